The van der Waals surface area contributed by atoms with Crippen LogP contribution in [0.4, 0.5) is 0 Å². The van der Waals surface area contributed by atoms with Gasteiger partial charge in [-0.1, -0.05) is 13.8 Å². The fourth-order valence-corrected chi connectivity index (χ4v) is 7.16. The summed E-state index contributed by atoms with van der Waals surface area (Å²) in [6, 6.07) is 5.69. The molecule has 0 N–H and O–H groups in total. The van der Waals surface area contributed by atoms with Crippen LogP contribution in [0.25, 0.3) is 0 Å². The zero-order valence-electron chi connectivity index (χ0n) is 19.5. The van der Waals surface area contributed by atoms with Gasteiger partial charge in [0.1, 0.15) is 16.9 Å². The van der Waals surface area contributed by atoms with Gasteiger partial charge in [-0.05, 0) is 31.0 Å². The Balaban J connectivity index is 1.69. The van der Waals surface area contributed by atoms with Crippen molar-refractivity contribution in [3.63, 3.8) is 0 Å². The molecule has 2 fully saturated rings. The van der Waals surface area contributed by atoms with Gasteiger partial charge >= 0.3 is 0 Å². The van der Waals surface area contributed by atoms with Crippen molar-refractivity contribution in [2.75, 3.05) is 59.2 Å². The first kappa shape index (κ1) is 25.1. The van der Waals surface area contributed by atoms with Crippen molar-refractivity contribution >= 4 is 27.7 Å². The molecule has 2 aliphatic heterocycles. The average Bonchev–Trinajstić information content (AvgIpc) is 3.12. The number of carbonyl (C=O) groups is 1. The summed E-state index contributed by atoms with van der Waals surface area (Å²) in [6.45, 7) is 7.61. The molecule has 0 saturated carbocycles. The molecule has 0 aliphatic carbocycles. The second-order valence-corrected chi connectivity index (χ2v) is 11.5. The van der Waals surface area contributed by atoms with Crippen molar-refractivity contribution in [1.82, 2.24) is 14.1 Å². The predicted molar refractivity (Wildman–Crippen MR) is 128 cm³/mol. The number of hydrogen-bond acceptors (Lipinski definition) is 7. The maximum Gasteiger partial charge on any atom is 0.236 e. The van der Waals surface area contributed by atoms with Gasteiger partial charge in [0, 0.05) is 44.8 Å². The molecule has 0 aromatic heterocycles. The van der Waals surface area contributed by atoms with Crippen LogP contribution in [-0.2, 0) is 14.8 Å². The van der Waals surface area contributed by atoms with Crippen molar-refractivity contribution in [2.45, 2.75) is 37.3 Å². The second kappa shape index (κ2) is 11.1. The van der Waals surface area contributed by atoms with Crippen LogP contribution in [0.1, 0.15) is 37.6 Å². The Morgan fingerprint density at radius 2 is 1.78 bits per heavy atom. The molecule has 0 spiro atoms. The van der Waals surface area contributed by atoms with E-state index < -0.39 is 10.0 Å². The largest absolute Gasteiger partial charge is 0.497 e. The number of thioether (sulfide) groups is 1. The van der Waals surface area contributed by atoms with Gasteiger partial charge in [-0.15, -0.1) is 11.8 Å². The molecule has 2 aliphatic rings. The highest BCUT2D eigenvalue weighted by Crippen LogP contribution is 2.47. The number of rotatable bonds is 10. The van der Waals surface area contributed by atoms with Crippen LogP contribution in [0.5, 0.6) is 11.5 Å². The molecule has 1 amide bonds. The molecule has 32 heavy (non-hydrogen) atoms. The zero-order chi connectivity index (χ0) is 23.3. The van der Waals surface area contributed by atoms with Gasteiger partial charge in [-0.2, -0.15) is 4.31 Å². The SMILES string of the molecule is CCCS(=O)(=O)N1CCN(CCN2C(=O)C(CC)SC2c2cc(OC)ccc2OC)CC1. The maximum atomic E-state index is 13.1. The Kier molecular flexibility index (Phi) is 8.71. The van der Waals surface area contributed by atoms with E-state index in [0.717, 1.165) is 23.5 Å². The third-order valence-corrected chi connectivity index (χ3v) is 9.76. The molecule has 1 aromatic carbocycles. The van der Waals surface area contributed by atoms with E-state index in [0.29, 0.717) is 45.7 Å². The number of hydrogen-bond donors (Lipinski definition) is 0. The summed E-state index contributed by atoms with van der Waals surface area (Å²) < 4.78 is 37.2. The third kappa shape index (κ3) is 5.52. The third-order valence-electron chi connectivity index (χ3n) is 6.05. The molecule has 2 atom stereocenters. The first-order valence-electron chi connectivity index (χ1n) is 11.2. The normalized spacial score (nSPS) is 23.0. The minimum atomic E-state index is -3.15. The van der Waals surface area contributed by atoms with Gasteiger partial charge in [0.2, 0.25) is 15.9 Å². The molecular formula is C22H35N3O5S2. The summed E-state index contributed by atoms with van der Waals surface area (Å²) >= 11 is 1.66. The van der Waals surface area contributed by atoms with E-state index in [2.05, 4.69) is 4.90 Å². The van der Waals surface area contributed by atoms with E-state index in [1.54, 1.807) is 30.3 Å². The van der Waals surface area contributed by atoms with E-state index in [1.165, 1.54) is 0 Å². The van der Waals surface area contributed by atoms with Crippen molar-refractivity contribution in [3.05, 3.63) is 23.8 Å². The Hall–Kier alpha value is -1.49. The smallest absolute Gasteiger partial charge is 0.236 e. The van der Waals surface area contributed by atoms with Crippen LogP contribution in [-0.4, -0.2) is 92.9 Å². The monoisotopic (exact) mass is 485 g/mol. The van der Waals surface area contributed by atoms with E-state index >= 15 is 0 Å². The van der Waals surface area contributed by atoms with Crippen LogP contribution in [0, 0.1) is 0 Å². The van der Waals surface area contributed by atoms with E-state index in [4.69, 9.17) is 9.47 Å². The number of benzene rings is 1. The minimum Gasteiger partial charge on any atom is -0.497 e. The average molecular weight is 486 g/mol. The van der Waals surface area contributed by atoms with Crippen LogP contribution >= 0.6 is 11.8 Å². The summed E-state index contributed by atoms with van der Waals surface area (Å²) in [5, 5.41) is -0.212. The Morgan fingerprint density at radius 1 is 1.06 bits per heavy atom. The molecule has 2 heterocycles. The molecule has 180 valence electrons. The van der Waals surface area contributed by atoms with E-state index in [1.807, 2.05) is 36.9 Å². The number of sulfonamides is 1. The number of amides is 1. The Morgan fingerprint density at radius 3 is 2.38 bits per heavy atom. The second-order valence-electron chi connectivity index (χ2n) is 8.08. The van der Waals surface area contributed by atoms with E-state index in [-0.39, 0.29) is 22.3 Å². The lowest BCUT2D eigenvalue weighted by atomic mass is 10.1. The molecule has 8 nitrogen and oxygen atoms in total. The molecule has 0 radical (unpaired) electrons. The fourth-order valence-electron chi connectivity index (χ4n) is 4.23. The standard InChI is InChI=1S/C22H35N3O5S2/c1-5-15-32(27,28)24-12-9-23(10-13-24)11-14-25-21(26)20(6-2)31-22(25)18-16-17(29-3)7-8-19(18)30-4/h7-8,16,20,22H,5-6,9-15H2,1-4H3. The highest BCUT2D eigenvalue weighted by Gasteiger charge is 2.41. The molecule has 0 bridgehead atoms. The Labute approximate surface area is 196 Å². The van der Waals surface area contributed by atoms with Gasteiger partial charge in [0.05, 0.1) is 25.2 Å². The van der Waals surface area contributed by atoms with Crippen LogP contribution < -0.4 is 9.47 Å². The molecule has 2 unspecified atom stereocenters. The first-order chi connectivity index (χ1) is 15.3. The molecule has 2 saturated heterocycles. The highest BCUT2D eigenvalue weighted by molar-refractivity contribution is 8.01. The van der Waals surface area contributed by atoms with Crippen molar-refractivity contribution in [2.24, 2.45) is 0 Å². The fraction of sp³-hybridized carbons (Fsp3) is 0.682. The van der Waals surface area contributed by atoms with Crippen LogP contribution in [0.3, 0.4) is 0 Å². The van der Waals surface area contributed by atoms with Crippen molar-refractivity contribution in [3.8, 4) is 11.5 Å². The number of methoxy groups -OCH3 is 2. The van der Waals surface area contributed by atoms with Gasteiger partial charge < -0.3 is 14.4 Å². The molecule has 1 aromatic rings. The van der Waals surface area contributed by atoms with Gasteiger partial charge in [0.15, 0.2) is 0 Å². The summed E-state index contributed by atoms with van der Waals surface area (Å²) in [7, 11) is 0.117. The highest BCUT2D eigenvalue weighted by atomic mass is 32.2. The molecular weight excluding hydrogens is 450 g/mol. The zero-order valence-corrected chi connectivity index (χ0v) is 21.1. The number of ether oxygens (including phenoxy) is 2. The lowest BCUT2D eigenvalue weighted by Gasteiger charge is -2.35. The lowest BCUT2D eigenvalue weighted by molar-refractivity contribution is -0.130. The Bertz CT molecular complexity index is 888. The van der Waals surface area contributed by atoms with Crippen molar-refractivity contribution in [1.29, 1.82) is 0 Å². The lowest BCUT2D eigenvalue weighted by Crippen LogP contribution is -2.51. The minimum absolute atomic E-state index is 0.0769. The summed E-state index contributed by atoms with van der Waals surface area (Å²) in [5.41, 5.74) is 0.941. The first-order valence-corrected chi connectivity index (χ1v) is 13.8. The van der Waals surface area contributed by atoms with Crippen LogP contribution in [0.2, 0.25) is 0 Å². The summed E-state index contributed by atoms with van der Waals surface area (Å²) in [5.74, 6) is 1.83. The topological polar surface area (TPSA) is 79.4 Å². The van der Waals surface area contributed by atoms with Crippen LogP contribution in [0.15, 0.2) is 18.2 Å². The maximum absolute atomic E-state index is 13.1. The van der Waals surface area contributed by atoms with Gasteiger partial charge in [-0.3, -0.25) is 9.69 Å². The van der Waals surface area contributed by atoms with Gasteiger partial charge in [0.25, 0.3) is 0 Å². The summed E-state index contributed by atoms with van der Waals surface area (Å²) in [6.07, 6.45) is 1.40. The number of piperazine rings is 1. The predicted octanol–water partition coefficient (Wildman–Crippen LogP) is 2.41. The molecule has 10 heteroatoms. The molecule has 3 rings (SSSR count). The quantitative estimate of drug-likeness (QED) is 0.504. The van der Waals surface area contributed by atoms with Gasteiger partial charge in [-0.25, -0.2) is 8.42 Å². The summed E-state index contributed by atoms with van der Waals surface area (Å²) in [4.78, 5) is 17.3. The van der Waals surface area contributed by atoms with Crippen molar-refractivity contribution < 1.29 is 22.7 Å². The number of carbonyl (C=O) groups excluding carboxylic acids is 1. The van der Waals surface area contributed by atoms with E-state index in [9.17, 15) is 13.2 Å². The number of nitrogens with zero attached hydrogens (tertiary/aromatic N) is 3.